The van der Waals surface area contributed by atoms with Crippen molar-refractivity contribution < 1.29 is 68.4 Å². The fourth-order valence-electron chi connectivity index (χ4n) is 7.74. The lowest BCUT2D eigenvalue weighted by Crippen LogP contribution is -2.59. The van der Waals surface area contributed by atoms with E-state index in [0.717, 1.165) is 5.56 Å². The van der Waals surface area contributed by atoms with Gasteiger partial charge < -0.3 is 79.7 Å². The lowest BCUT2D eigenvalue weighted by molar-refractivity contribution is -0.144. The second-order valence-corrected chi connectivity index (χ2v) is 17.9. The van der Waals surface area contributed by atoms with E-state index in [1.807, 2.05) is 30.3 Å². The third-order valence-electron chi connectivity index (χ3n) is 12.1. The first-order valence-electron chi connectivity index (χ1n) is 24.1. The molecule has 26 heteroatoms. The normalized spacial score (nSPS) is 16.2. The van der Waals surface area contributed by atoms with Crippen LogP contribution in [0.1, 0.15) is 76.8 Å². The predicted octanol–water partition coefficient (Wildman–Crippen LogP) is -3.42. The summed E-state index contributed by atoms with van der Waals surface area (Å²) in [5.41, 5.74) is 18.3. The number of nitrogens with two attached hydrogens (primary N) is 3. The fourth-order valence-corrected chi connectivity index (χ4v) is 7.74. The number of hydrogen-bond acceptors (Lipinski definition) is 14. The van der Waals surface area contributed by atoms with Gasteiger partial charge in [0, 0.05) is 25.9 Å². The molecule has 0 unspecified atom stereocenters. The van der Waals surface area contributed by atoms with Gasteiger partial charge in [-0.15, -0.1) is 0 Å². The van der Waals surface area contributed by atoms with Gasteiger partial charge in [-0.1, -0.05) is 62.7 Å². The van der Waals surface area contributed by atoms with E-state index < -0.39 is 139 Å². The van der Waals surface area contributed by atoms with Gasteiger partial charge in [-0.25, -0.2) is 4.79 Å². The number of aliphatic hydroxyl groups is 1. The van der Waals surface area contributed by atoms with E-state index in [9.17, 15) is 68.4 Å². The highest BCUT2D eigenvalue weighted by Gasteiger charge is 2.38. The van der Waals surface area contributed by atoms with Crippen molar-refractivity contribution in [3.63, 3.8) is 0 Å². The SMILES string of the molecule is CC[C@H](C)[C@H](NC(=O)[C@H](CCC(=O)O)NC(=O)[C@H](CCCN=C(N)N)NC(=O)CNC(=O)[C@H](CO)NC(=O)[C@H](Cc1ccc(O)cc1)NC(=O)[C@H](C)NC(=O)[C@@H]1CCCN1C(=O)[C@@H](N)Cc1ccccc1)C(=O)O. The molecule has 17 N–H and O–H groups in total. The molecule has 1 aliphatic rings. The smallest absolute Gasteiger partial charge is 0.326 e. The topological polar surface area (TPSA) is 429 Å². The molecule has 1 fully saturated rings. The van der Waals surface area contributed by atoms with E-state index >= 15 is 0 Å². The number of aromatic hydroxyl groups is 1. The summed E-state index contributed by atoms with van der Waals surface area (Å²) in [7, 11) is 0. The van der Waals surface area contributed by atoms with Crippen LogP contribution in [0.15, 0.2) is 59.6 Å². The van der Waals surface area contributed by atoms with Gasteiger partial charge in [-0.05, 0) is 74.6 Å². The van der Waals surface area contributed by atoms with Gasteiger partial charge >= 0.3 is 11.9 Å². The minimum absolute atomic E-state index is 0.0106. The molecule has 1 heterocycles. The van der Waals surface area contributed by atoms with E-state index in [4.69, 9.17) is 17.2 Å². The number of nitrogens with zero attached hydrogens (tertiary/aromatic N) is 2. The Morgan fingerprint density at radius 2 is 1.32 bits per heavy atom. The third kappa shape index (κ3) is 20.0. The molecule has 0 aliphatic carbocycles. The van der Waals surface area contributed by atoms with Gasteiger partial charge in [-0.2, -0.15) is 0 Å². The summed E-state index contributed by atoms with van der Waals surface area (Å²) in [4.78, 5) is 136. The van der Waals surface area contributed by atoms with E-state index in [-0.39, 0.29) is 50.5 Å². The number of phenolic OH excluding ortho intramolecular Hbond substituents is 1. The number of guanidine groups is 1. The Hall–Kier alpha value is -7.87. The molecule has 26 nitrogen and oxygen atoms in total. The monoisotopic (exact) mass is 1040 g/mol. The Bertz CT molecular complexity index is 2300. The Labute approximate surface area is 427 Å². The van der Waals surface area contributed by atoms with Crippen molar-refractivity contribution in [1.82, 2.24) is 42.1 Å². The standard InChI is InChI=1S/C48H70N12O14/c1-4-26(2)39(47(73)74)59-43(69)33(18-19-38(64)65)56-42(68)32(12-8-20-52-48(50)51)55-37(63)24-53-41(67)35(25-61)58-44(70)34(23-29-14-16-30(62)17-15-29)57-40(66)27(3)54-45(71)36-13-9-21-60(36)46(72)31(49)22-28-10-6-5-7-11-28/h5-7,10-11,14-17,26-27,31-36,39,61-62H,4,8-9,12-13,18-25,49H2,1-3H3,(H,53,67)(H,54,71)(H,55,63)(H,56,68)(H,57,66)(H,58,70)(H,59,69)(H,64,65)(H,73,74)(H4,50,51,52)/t26-,27-,31-,32-,33-,34-,35-,36-,39-/m0/s1. The second kappa shape index (κ2) is 30.2. The van der Waals surface area contributed by atoms with Crippen LogP contribution in [0.4, 0.5) is 0 Å². The van der Waals surface area contributed by atoms with Gasteiger partial charge in [0.05, 0.1) is 19.2 Å². The number of rotatable bonds is 30. The minimum atomic E-state index is -1.72. The summed E-state index contributed by atoms with van der Waals surface area (Å²) in [5, 5.41) is 55.9. The number of phenols is 1. The van der Waals surface area contributed by atoms with Crippen LogP contribution in [-0.4, -0.2) is 165 Å². The summed E-state index contributed by atoms with van der Waals surface area (Å²) in [6.45, 7) is 3.05. The summed E-state index contributed by atoms with van der Waals surface area (Å²) < 4.78 is 0. The van der Waals surface area contributed by atoms with Crippen molar-refractivity contribution in [1.29, 1.82) is 0 Å². The molecular formula is C48H70N12O14. The second-order valence-electron chi connectivity index (χ2n) is 17.9. The van der Waals surface area contributed by atoms with Crippen molar-refractivity contribution in [3.05, 3.63) is 65.7 Å². The zero-order chi connectivity index (χ0) is 55.1. The highest BCUT2D eigenvalue weighted by molar-refractivity contribution is 5.97. The number of hydrogen-bond donors (Lipinski definition) is 14. The molecule has 0 aromatic heterocycles. The molecular weight excluding hydrogens is 969 g/mol. The number of carboxylic acid groups (broad SMARTS) is 2. The summed E-state index contributed by atoms with van der Waals surface area (Å²) in [6.07, 6.45) is 0.0780. The molecule has 74 heavy (non-hydrogen) atoms. The number of aliphatic carboxylic acids is 2. The molecule has 0 spiro atoms. The zero-order valence-electron chi connectivity index (χ0n) is 41.6. The number of likely N-dealkylation sites (tertiary alicyclic amines) is 1. The molecule has 9 atom stereocenters. The first-order valence-corrected chi connectivity index (χ1v) is 24.1. The lowest BCUT2D eigenvalue weighted by Gasteiger charge is -2.28. The molecule has 0 saturated carbocycles. The van der Waals surface area contributed by atoms with E-state index in [1.54, 1.807) is 13.8 Å². The number of benzene rings is 2. The maximum absolute atomic E-state index is 13.8. The molecule has 0 radical (unpaired) electrons. The molecule has 1 saturated heterocycles. The number of aliphatic hydroxyl groups excluding tert-OH is 1. The minimum Gasteiger partial charge on any atom is -0.508 e. The predicted molar refractivity (Wildman–Crippen MR) is 266 cm³/mol. The van der Waals surface area contributed by atoms with Crippen molar-refractivity contribution in [3.8, 4) is 5.75 Å². The van der Waals surface area contributed by atoms with Crippen LogP contribution < -0.4 is 54.4 Å². The molecule has 2 aromatic carbocycles. The van der Waals surface area contributed by atoms with Gasteiger partial charge in [0.15, 0.2) is 5.96 Å². The van der Waals surface area contributed by atoms with Crippen LogP contribution >= 0.6 is 0 Å². The number of aliphatic imine (C=N–C) groups is 1. The highest BCUT2D eigenvalue weighted by Crippen LogP contribution is 2.20. The highest BCUT2D eigenvalue weighted by atomic mass is 16.4. The molecule has 2 aromatic rings. The average Bonchev–Trinajstić information content (AvgIpc) is 3.86. The summed E-state index contributed by atoms with van der Waals surface area (Å²) in [6, 6.07) is 4.08. The average molecular weight is 1040 g/mol. The van der Waals surface area contributed by atoms with Crippen LogP contribution in [-0.2, 0) is 60.8 Å². The molecule has 3 rings (SSSR count). The van der Waals surface area contributed by atoms with Crippen molar-refractivity contribution in [2.24, 2.45) is 28.1 Å². The molecule has 0 bridgehead atoms. The Kier molecular flexibility index (Phi) is 24.7. The Morgan fingerprint density at radius 1 is 0.730 bits per heavy atom. The maximum Gasteiger partial charge on any atom is 0.326 e. The third-order valence-corrected chi connectivity index (χ3v) is 12.1. The van der Waals surface area contributed by atoms with Crippen LogP contribution in [0.2, 0.25) is 0 Å². The van der Waals surface area contributed by atoms with Crippen LogP contribution in [0.3, 0.4) is 0 Å². The van der Waals surface area contributed by atoms with E-state index in [2.05, 4.69) is 42.2 Å². The van der Waals surface area contributed by atoms with Crippen LogP contribution in [0.25, 0.3) is 0 Å². The molecule has 8 amide bonds. The van der Waals surface area contributed by atoms with Gasteiger partial charge in [-0.3, -0.25) is 48.1 Å². The quantitative estimate of drug-likeness (QED) is 0.0206. The summed E-state index contributed by atoms with van der Waals surface area (Å²) >= 11 is 0. The number of carboxylic acids is 2. The van der Waals surface area contributed by atoms with Crippen molar-refractivity contribution in [2.75, 3.05) is 26.2 Å². The maximum atomic E-state index is 13.8. The van der Waals surface area contributed by atoms with Crippen LogP contribution in [0, 0.1) is 5.92 Å². The van der Waals surface area contributed by atoms with E-state index in [1.165, 1.54) is 36.1 Å². The fraction of sp³-hybridized carbons (Fsp3) is 0.521. The Balaban J connectivity index is 1.71. The lowest BCUT2D eigenvalue weighted by atomic mass is 9.98. The number of carbonyl (C=O) groups excluding carboxylic acids is 8. The Morgan fingerprint density at radius 3 is 1.93 bits per heavy atom. The van der Waals surface area contributed by atoms with Crippen LogP contribution in [0.5, 0.6) is 5.75 Å². The molecule has 406 valence electrons. The number of amides is 8. The van der Waals surface area contributed by atoms with Crippen molar-refractivity contribution in [2.45, 2.75) is 127 Å². The zero-order valence-corrected chi connectivity index (χ0v) is 41.6. The number of carbonyl (C=O) groups is 10. The van der Waals surface area contributed by atoms with Crippen molar-refractivity contribution >= 4 is 65.2 Å². The molecule has 1 aliphatic heterocycles. The number of nitrogens with one attached hydrogen (secondary N) is 7. The van der Waals surface area contributed by atoms with Gasteiger partial charge in [0.2, 0.25) is 47.3 Å². The largest absolute Gasteiger partial charge is 0.508 e. The van der Waals surface area contributed by atoms with Gasteiger partial charge in [0.25, 0.3) is 0 Å². The summed E-state index contributed by atoms with van der Waals surface area (Å²) in [5.74, 6) is -10.5. The van der Waals surface area contributed by atoms with E-state index in [0.29, 0.717) is 24.8 Å². The first kappa shape index (κ1) is 60.4. The first-order chi connectivity index (χ1) is 35.0. The van der Waals surface area contributed by atoms with Gasteiger partial charge in [0.1, 0.15) is 48.0 Å².